The van der Waals surface area contributed by atoms with Gasteiger partial charge in [0.2, 0.25) is 15.9 Å². The monoisotopic (exact) mass is 409 g/mol. The predicted octanol–water partition coefficient (Wildman–Crippen LogP) is 0.821. The third-order valence-corrected chi connectivity index (χ3v) is 5.34. The average molecular weight is 409 g/mol. The first-order valence-electron chi connectivity index (χ1n) is 8.34. The number of ether oxygens (including phenoxy) is 1. The van der Waals surface area contributed by atoms with Gasteiger partial charge in [0, 0.05) is 25.7 Å². The van der Waals surface area contributed by atoms with Gasteiger partial charge in [0.25, 0.3) is 0 Å². The fourth-order valence-corrected chi connectivity index (χ4v) is 3.65. The van der Waals surface area contributed by atoms with Gasteiger partial charge in [0.05, 0.1) is 30.2 Å². The lowest BCUT2D eigenvalue weighted by Gasteiger charge is -2.29. The highest BCUT2D eigenvalue weighted by molar-refractivity contribution is 7.89. The lowest BCUT2D eigenvalue weighted by Crippen LogP contribution is -2.48. The minimum atomic E-state index is -4.65. The number of sulfonamides is 1. The van der Waals surface area contributed by atoms with E-state index in [-0.39, 0.29) is 6.04 Å². The number of amides is 1. The van der Waals surface area contributed by atoms with Crippen LogP contribution in [0.1, 0.15) is 12.5 Å². The van der Waals surface area contributed by atoms with Gasteiger partial charge in [-0.1, -0.05) is 6.07 Å². The van der Waals surface area contributed by atoms with Crippen molar-refractivity contribution in [1.29, 1.82) is 0 Å². The number of halogens is 3. The zero-order chi connectivity index (χ0) is 20.1. The molecule has 1 saturated heterocycles. The molecule has 2 N–H and O–H groups in total. The zero-order valence-corrected chi connectivity index (χ0v) is 15.6. The summed E-state index contributed by atoms with van der Waals surface area (Å²) in [4.78, 5) is 13.5. The molecular formula is C16H22F3N3O4S. The van der Waals surface area contributed by atoms with Crippen molar-refractivity contribution >= 4 is 15.9 Å². The summed E-state index contributed by atoms with van der Waals surface area (Å²) in [6.45, 7) is 4.57. The van der Waals surface area contributed by atoms with Crippen LogP contribution < -0.4 is 10.0 Å². The summed E-state index contributed by atoms with van der Waals surface area (Å²) in [7, 11) is -4.24. The Labute approximate surface area is 155 Å². The minimum Gasteiger partial charge on any atom is -0.379 e. The number of nitrogens with zero attached hydrogens (tertiary/aromatic N) is 1. The molecule has 152 valence electrons. The van der Waals surface area contributed by atoms with E-state index < -0.39 is 39.1 Å². The zero-order valence-electron chi connectivity index (χ0n) is 14.8. The first-order chi connectivity index (χ1) is 12.6. The van der Waals surface area contributed by atoms with Gasteiger partial charge in [-0.05, 0) is 25.1 Å². The Kier molecular flexibility index (Phi) is 7.20. The smallest absolute Gasteiger partial charge is 0.379 e. The molecule has 0 spiro atoms. The molecule has 1 heterocycles. The molecule has 0 aliphatic carbocycles. The molecule has 1 aliphatic heterocycles. The molecule has 1 aromatic rings. The highest BCUT2D eigenvalue weighted by Crippen LogP contribution is 2.30. The Morgan fingerprint density at radius 2 is 1.96 bits per heavy atom. The highest BCUT2D eigenvalue weighted by Gasteiger charge is 2.31. The van der Waals surface area contributed by atoms with Crippen LogP contribution in [0.15, 0.2) is 29.2 Å². The van der Waals surface area contributed by atoms with Crippen molar-refractivity contribution in [2.24, 2.45) is 0 Å². The van der Waals surface area contributed by atoms with Gasteiger partial charge >= 0.3 is 6.18 Å². The van der Waals surface area contributed by atoms with E-state index >= 15 is 0 Å². The van der Waals surface area contributed by atoms with Crippen molar-refractivity contribution in [3.63, 3.8) is 0 Å². The number of carbonyl (C=O) groups is 1. The molecule has 1 atom stereocenters. The molecule has 0 bridgehead atoms. The van der Waals surface area contributed by atoms with E-state index in [2.05, 4.69) is 10.2 Å². The van der Waals surface area contributed by atoms with Crippen molar-refractivity contribution < 1.29 is 31.1 Å². The molecule has 11 heteroatoms. The Morgan fingerprint density at radius 3 is 2.59 bits per heavy atom. The molecule has 1 aromatic carbocycles. The van der Waals surface area contributed by atoms with Gasteiger partial charge in [0.15, 0.2) is 0 Å². The SMILES string of the molecule is CC(CN1CCOCC1)NC(=O)CNS(=O)(=O)c1cccc(C(F)(F)F)c1. The third-order valence-electron chi connectivity index (χ3n) is 3.94. The second kappa shape index (κ2) is 9.00. The molecule has 2 rings (SSSR count). The van der Waals surface area contributed by atoms with Crippen LogP contribution in [0.4, 0.5) is 13.2 Å². The molecule has 1 amide bonds. The molecule has 0 saturated carbocycles. The van der Waals surface area contributed by atoms with E-state index in [1.54, 1.807) is 6.92 Å². The van der Waals surface area contributed by atoms with Crippen LogP contribution in [0, 0.1) is 0 Å². The Hall–Kier alpha value is -1.69. The number of alkyl halides is 3. The maximum Gasteiger partial charge on any atom is 0.416 e. The number of hydrogen-bond acceptors (Lipinski definition) is 5. The summed E-state index contributed by atoms with van der Waals surface area (Å²) < 4.78 is 69.7. The summed E-state index contributed by atoms with van der Waals surface area (Å²) in [6, 6.07) is 3.13. The van der Waals surface area contributed by atoms with E-state index in [0.717, 1.165) is 31.3 Å². The number of hydrogen-bond donors (Lipinski definition) is 2. The number of benzene rings is 1. The number of nitrogens with one attached hydrogen (secondary N) is 2. The number of carbonyl (C=O) groups excluding carboxylic acids is 1. The molecule has 1 fully saturated rings. The second-order valence-corrected chi connectivity index (χ2v) is 8.00. The predicted molar refractivity (Wildman–Crippen MR) is 91.5 cm³/mol. The van der Waals surface area contributed by atoms with Crippen LogP contribution in [0.3, 0.4) is 0 Å². The second-order valence-electron chi connectivity index (χ2n) is 6.23. The van der Waals surface area contributed by atoms with Crippen LogP contribution in [0.5, 0.6) is 0 Å². The first-order valence-corrected chi connectivity index (χ1v) is 9.82. The van der Waals surface area contributed by atoms with Crippen LogP contribution >= 0.6 is 0 Å². The van der Waals surface area contributed by atoms with Gasteiger partial charge in [-0.3, -0.25) is 9.69 Å². The fourth-order valence-electron chi connectivity index (χ4n) is 2.63. The van der Waals surface area contributed by atoms with E-state index in [1.165, 1.54) is 0 Å². The van der Waals surface area contributed by atoms with Crippen molar-refractivity contribution in [2.75, 3.05) is 39.4 Å². The summed E-state index contributed by atoms with van der Waals surface area (Å²) >= 11 is 0. The molecular weight excluding hydrogens is 387 g/mol. The Bertz CT molecular complexity index is 750. The Balaban J connectivity index is 1.88. The van der Waals surface area contributed by atoms with Gasteiger partial charge in [-0.15, -0.1) is 0 Å². The molecule has 27 heavy (non-hydrogen) atoms. The standard InChI is InChI=1S/C16H22F3N3O4S/c1-12(11-22-5-7-26-8-6-22)21-15(23)10-20-27(24,25)14-4-2-3-13(9-14)16(17,18)19/h2-4,9,12,20H,5-8,10-11H2,1H3,(H,21,23). The largest absolute Gasteiger partial charge is 0.416 e. The maximum absolute atomic E-state index is 12.7. The van der Waals surface area contributed by atoms with Crippen molar-refractivity contribution in [3.05, 3.63) is 29.8 Å². The van der Waals surface area contributed by atoms with Gasteiger partial charge in [0.1, 0.15) is 0 Å². The summed E-state index contributed by atoms with van der Waals surface area (Å²) in [5.41, 5.74) is -1.08. The quantitative estimate of drug-likeness (QED) is 0.696. The molecule has 7 nitrogen and oxygen atoms in total. The summed E-state index contributed by atoms with van der Waals surface area (Å²) in [5.74, 6) is -0.564. The normalized spacial score (nSPS) is 17.5. The molecule has 1 unspecified atom stereocenters. The van der Waals surface area contributed by atoms with E-state index in [4.69, 9.17) is 4.74 Å². The van der Waals surface area contributed by atoms with Crippen molar-refractivity contribution in [3.8, 4) is 0 Å². The number of rotatable bonds is 7. The third kappa shape index (κ3) is 6.76. The lowest BCUT2D eigenvalue weighted by molar-refractivity contribution is -0.137. The topological polar surface area (TPSA) is 87.7 Å². The van der Waals surface area contributed by atoms with Crippen molar-refractivity contribution in [2.45, 2.75) is 24.0 Å². The van der Waals surface area contributed by atoms with Crippen LogP contribution in [0.25, 0.3) is 0 Å². The van der Waals surface area contributed by atoms with Crippen LogP contribution in [-0.4, -0.2) is 64.7 Å². The summed E-state index contributed by atoms with van der Waals surface area (Å²) in [6.07, 6.45) is -4.65. The van der Waals surface area contributed by atoms with Gasteiger partial charge in [-0.25, -0.2) is 13.1 Å². The number of morpholine rings is 1. The minimum absolute atomic E-state index is 0.214. The van der Waals surface area contributed by atoms with Gasteiger partial charge in [-0.2, -0.15) is 13.2 Å². The summed E-state index contributed by atoms with van der Waals surface area (Å²) in [5, 5.41) is 2.66. The maximum atomic E-state index is 12.7. The van der Waals surface area contributed by atoms with E-state index in [0.29, 0.717) is 25.8 Å². The highest BCUT2D eigenvalue weighted by atomic mass is 32.2. The first kappa shape index (κ1) is 21.6. The van der Waals surface area contributed by atoms with Crippen LogP contribution in [-0.2, 0) is 25.7 Å². The molecule has 1 aliphatic rings. The van der Waals surface area contributed by atoms with Gasteiger partial charge < -0.3 is 10.1 Å². The van der Waals surface area contributed by atoms with E-state index in [9.17, 15) is 26.4 Å². The Morgan fingerprint density at radius 1 is 1.30 bits per heavy atom. The lowest BCUT2D eigenvalue weighted by atomic mass is 10.2. The molecule has 0 radical (unpaired) electrons. The fraction of sp³-hybridized carbons (Fsp3) is 0.562. The van der Waals surface area contributed by atoms with Crippen molar-refractivity contribution in [1.82, 2.24) is 14.9 Å². The van der Waals surface area contributed by atoms with Crippen LogP contribution in [0.2, 0.25) is 0 Å². The average Bonchev–Trinajstić information content (AvgIpc) is 2.60. The van der Waals surface area contributed by atoms with E-state index in [1.807, 2.05) is 4.72 Å². The molecule has 0 aromatic heterocycles.